The van der Waals surface area contributed by atoms with Crippen molar-refractivity contribution in [3.8, 4) is 17.2 Å². The van der Waals surface area contributed by atoms with Crippen LogP contribution in [0.2, 0.25) is 0 Å². The van der Waals surface area contributed by atoms with E-state index in [2.05, 4.69) is 10.3 Å². The number of aromatic nitrogens is 1. The van der Waals surface area contributed by atoms with Crippen LogP contribution >= 0.6 is 0 Å². The molecule has 1 aromatic heterocycles. The Balaban J connectivity index is 1.32. The average molecular weight is 565 g/mol. The molecule has 0 saturated carbocycles. The van der Waals surface area contributed by atoms with E-state index >= 15 is 0 Å². The molecule has 3 aromatic carbocycles. The van der Waals surface area contributed by atoms with E-state index in [1.54, 1.807) is 24.3 Å². The number of oxazole rings is 1. The smallest absolute Gasteiger partial charge is 0.326 e. The molecule has 0 radical (unpaired) electrons. The number of ether oxygens (including phenoxy) is 1. The Labute approximate surface area is 234 Å². The highest BCUT2D eigenvalue weighted by atomic mass is 19.2. The first-order valence-corrected chi connectivity index (χ1v) is 12.7. The average Bonchev–Trinajstić information content (AvgIpc) is 3.31. The van der Waals surface area contributed by atoms with Crippen LogP contribution in [0.4, 0.5) is 13.2 Å². The summed E-state index contributed by atoms with van der Waals surface area (Å²) in [5.74, 6) is -4.25. The van der Waals surface area contributed by atoms with E-state index in [1.165, 1.54) is 6.92 Å². The molecular weight excluding hydrogens is 537 g/mol. The topological polar surface area (TPSA) is 102 Å². The van der Waals surface area contributed by atoms with Gasteiger partial charge in [0.05, 0.1) is 17.9 Å². The van der Waals surface area contributed by atoms with Gasteiger partial charge in [0, 0.05) is 36.2 Å². The van der Waals surface area contributed by atoms with Gasteiger partial charge in [-0.2, -0.15) is 0 Å². The van der Waals surface area contributed by atoms with Crippen molar-refractivity contribution in [2.75, 3.05) is 6.61 Å². The van der Waals surface area contributed by atoms with Crippen LogP contribution in [0.5, 0.6) is 5.75 Å². The fourth-order valence-corrected chi connectivity index (χ4v) is 4.09. The molecule has 1 heterocycles. The number of allylic oxidation sites excluding steroid dienone is 2. The number of carboxylic acids is 1. The van der Waals surface area contributed by atoms with Crippen LogP contribution in [-0.2, 0) is 17.6 Å². The van der Waals surface area contributed by atoms with E-state index in [4.69, 9.17) is 9.15 Å². The number of carboxylic acid groups (broad SMARTS) is 1. The highest BCUT2D eigenvalue weighted by Crippen LogP contribution is 2.22. The largest absolute Gasteiger partial charge is 0.493 e. The van der Waals surface area contributed by atoms with E-state index in [-0.39, 0.29) is 18.2 Å². The van der Waals surface area contributed by atoms with Crippen molar-refractivity contribution in [2.45, 2.75) is 32.7 Å². The summed E-state index contributed by atoms with van der Waals surface area (Å²) >= 11 is 0. The first-order chi connectivity index (χ1) is 19.6. The monoisotopic (exact) mass is 564 g/mol. The predicted octanol–water partition coefficient (Wildman–Crippen LogP) is 6.06. The molecule has 7 nitrogen and oxygen atoms in total. The number of carbonyl (C=O) groups excluding carboxylic acids is 1. The second-order valence-corrected chi connectivity index (χ2v) is 9.31. The van der Waals surface area contributed by atoms with Crippen LogP contribution in [-0.4, -0.2) is 34.5 Å². The third-order valence-electron chi connectivity index (χ3n) is 6.21. The fourth-order valence-electron chi connectivity index (χ4n) is 4.09. The van der Waals surface area contributed by atoms with Gasteiger partial charge in [-0.25, -0.2) is 22.9 Å². The van der Waals surface area contributed by atoms with E-state index in [0.29, 0.717) is 36.3 Å². The lowest BCUT2D eigenvalue weighted by Crippen LogP contribution is -2.37. The maximum atomic E-state index is 13.9. The molecule has 4 aromatic rings. The molecule has 0 aliphatic carbocycles. The number of carbonyl (C=O) groups is 2. The molecule has 0 aliphatic heterocycles. The number of hydrogen-bond donors (Lipinski definition) is 2. The van der Waals surface area contributed by atoms with E-state index < -0.39 is 40.8 Å². The summed E-state index contributed by atoms with van der Waals surface area (Å²) in [5.41, 5.74) is 1.82. The molecule has 1 atom stereocenters. The number of nitrogens with zero attached hydrogens (tertiary/aromatic N) is 1. The van der Waals surface area contributed by atoms with Crippen LogP contribution in [0.1, 0.15) is 34.3 Å². The molecule has 0 unspecified atom stereocenters. The highest BCUT2D eigenvalue weighted by molar-refractivity contribution is 6.05. The molecule has 10 heteroatoms. The number of rotatable bonds is 12. The van der Waals surface area contributed by atoms with Crippen LogP contribution in [0.25, 0.3) is 11.5 Å². The van der Waals surface area contributed by atoms with Gasteiger partial charge in [-0.3, -0.25) is 4.79 Å². The van der Waals surface area contributed by atoms with Crippen LogP contribution in [0, 0.1) is 24.4 Å². The van der Waals surface area contributed by atoms with E-state index in [9.17, 15) is 27.9 Å². The molecule has 0 fully saturated rings. The Kier molecular flexibility index (Phi) is 9.23. The van der Waals surface area contributed by atoms with Gasteiger partial charge in [-0.15, -0.1) is 0 Å². The quantitative estimate of drug-likeness (QED) is 0.123. The molecule has 212 valence electrons. The summed E-state index contributed by atoms with van der Waals surface area (Å²) in [6.45, 7) is 3.63. The minimum Gasteiger partial charge on any atom is -0.493 e. The number of ketones is 1. The van der Waals surface area contributed by atoms with Crippen LogP contribution in [0.3, 0.4) is 0 Å². The Hall–Kier alpha value is -4.86. The number of aliphatic carboxylic acids is 1. The summed E-state index contributed by atoms with van der Waals surface area (Å²) in [6.07, 6.45) is 1.53. The lowest BCUT2D eigenvalue weighted by Gasteiger charge is -2.16. The van der Waals surface area contributed by atoms with Crippen molar-refractivity contribution in [2.24, 2.45) is 0 Å². The summed E-state index contributed by atoms with van der Waals surface area (Å²) in [4.78, 5) is 28.7. The number of halogens is 3. The summed E-state index contributed by atoms with van der Waals surface area (Å²) in [7, 11) is 0. The normalized spacial score (nSPS) is 12.2. The highest BCUT2D eigenvalue weighted by Gasteiger charge is 2.20. The van der Waals surface area contributed by atoms with Crippen molar-refractivity contribution < 1.29 is 37.0 Å². The van der Waals surface area contributed by atoms with Gasteiger partial charge in [0.1, 0.15) is 23.4 Å². The van der Waals surface area contributed by atoms with Gasteiger partial charge in [0.25, 0.3) is 0 Å². The SMILES string of the molecule is C/C(=C/C(=O)c1cc(F)c(F)cc1F)N[C@@H](Cc1ccc(OCCc2nc(-c3ccccc3)oc2C)cc1)C(=O)O. The molecule has 2 N–H and O–H groups in total. The number of hydrogen-bond acceptors (Lipinski definition) is 6. The summed E-state index contributed by atoms with van der Waals surface area (Å²) < 4.78 is 52.1. The van der Waals surface area contributed by atoms with Gasteiger partial charge >= 0.3 is 5.97 Å². The van der Waals surface area contributed by atoms with E-state index in [0.717, 1.165) is 23.1 Å². The van der Waals surface area contributed by atoms with E-state index in [1.807, 2.05) is 37.3 Å². The Bertz CT molecular complexity index is 1570. The first-order valence-electron chi connectivity index (χ1n) is 12.7. The third-order valence-corrected chi connectivity index (χ3v) is 6.21. The van der Waals surface area contributed by atoms with Crippen molar-refractivity contribution in [3.63, 3.8) is 0 Å². The fraction of sp³-hybridized carbons (Fsp3) is 0.194. The maximum Gasteiger partial charge on any atom is 0.326 e. The minimum absolute atomic E-state index is 0.0644. The first kappa shape index (κ1) is 29.1. The molecule has 0 spiro atoms. The van der Waals surface area contributed by atoms with Gasteiger partial charge in [-0.05, 0) is 49.7 Å². The Morgan fingerprint density at radius 3 is 2.39 bits per heavy atom. The molecular formula is C31H27F3N2O5. The molecule has 0 saturated heterocycles. The zero-order valence-corrected chi connectivity index (χ0v) is 22.3. The molecule has 0 bridgehead atoms. The van der Waals surface area contributed by atoms with Gasteiger partial charge in [0.2, 0.25) is 5.89 Å². The number of nitrogens with one attached hydrogen (secondary N) is 1. The second-order valence-electron chi connectivity index (χ2n) is 9.31. The van der Waals surface area contributed by atoms with Gasteiger partial charge in [-0.1, -0.05) is 30.3 Å². The van der Waals surface area contributed by atoms with Gasteiger partial charge < -0.3 is 19.6 Å². The summed E-state index contributed by atoms with van der Waals surface area (Å²) in [6, 6.07) is 16.1. The number of aryl methyl sites for hydroxylation is 1. The lowest BCUT2D eigenvalue weighted by atomic mass is 10.0. The molecule has 0 amide bonds. The Morgan fingerprint density at radius 1 is 1.02 bits per heavy atom. The zero-order chi connectivity index (χ0) is 29.5. The van der Waals surface area contributed by atoms with Crippen molar-refractivity contribution in [1.29, 1.82) is 0 Å². The molecule has 4 rings (SSSR count). The van der Waals surface area contributed by atoms with Crippen LogP contribution in [0.15, 0.2) is 82.9 Å². The molecule has 41 heavy (non-hydrogen) atoms. The van der Waals surface area contributed by atoms with Gasteiger partial charge in [0.15, 0.2) is 17.4 Å². The maximum absolute atomic E-state index is 13.9. The molecule has 0 aliphatic rings. The zero-order valence-electron chi connectivity index (χ0n) is 22.3. The second kappa shape index (κ2) is 13.0. The summed E-state index contributed by atoms with van der Waals surface area (Å²) in [5, 5.41) is 12.4. The number of benzene rings is 3. The lowest BCUT2D eigenvalue weighted by molar-refractivity contribution is -0.139. The van der Waals surface area contributed by atoms with Crippen LogP contribution < -0.4 is 10.1 Å². The standard InChI is InChI=1S/C31H27F3N2O5/c1-18(14-29(37)23-16-25(33)26(34)17-24(23)32)35-28(31(38)39)15-20-8-10-22(11-9-20)40-13-12-27-19(2)41-30(36-27)21-6-4-3-5-7-21/h3-11,14,16-17,28,35H,12-13,15H2,1-2H3,(H,38,39)/b18-14-/t28-/m0/s1. The minimum atomic E-state index is -1.41. The predicted molar refractivity (Wildman–Crippen MR) is 145 cm³/mol. The van der Waals surface area contributed by atoms with Crippen molar-refractivity contribution in [1.82, 2.24) is 10.3 Å². The van der Waals surface area contributed by atoms with Crippen molar-refractivity contribution >= 4 is 11.8 Å². The van der Waals surface area contributed by atoms with Crippen molar-refractivity contribution in [3.05, 3.63) is 119 Å². The Morgan fingerprint density at radius 2 is 1.71 bits per heavy atom. The third kappa shape index (κ3) is 7.63.